The molecule has 1 heteroatoms. The van der Waals surface area contributed by atoms with Gasteiger partial charge in [-0.2, -0.15) is 0 Å². The summed E-state index contributed by atoms with van der Waals surface area (Å²) in [5, 5.41) is 0. The van der Waals surface area contributed by atoms with Crippen molar-refractivity contribution in [2.45, 2.75) is 72.4 Å². The quantitative estimate of drug-likeness (QED) is 0.581. The monoisotopic (exact) mass is 218 g/mol. The molecule has 0 aromatic rings. The molecule has 0 amide bonds. The molecule has 0 fully saturated rings. The van der Waals surface area contributed by atoms with E-state index in [4.69, 9.17) is 0 Å². The van der Waals surface area contributed by atoms with E-state index in [-0.39, 0.29) is 0 Å². The fraction of sp³-hybridized carbons (Fsp3) is 1.00. The van der Waals surface area contributed by atoms with Gasteiger partial charge in [0.05, 0.1) is 0 Å². The fourth-order valence-electron chi connectivity index (χ4n) is 4.20. The fourth-order valence-corrected chi connectivity index (χ4v) is 12.6. The van der Waals surface area contributed by atoms with Crippen molar-refractivity contribution in [3.8, 4) is 0 Å². The zero-order valence-electron chi connectivity index (χ0n) is 11.6. The van der Waals surface area contributed by atoms with Crippen LogP contribution >= 0.6 is 6.60 Å². The molecule has 0 atom stereocenters. The second-order valence-corrected chi connectivity index (χ2v) is 13.6. The van der Waals surface area contributed by atoms with Crippen molar-refractivity contribution in [2.75, 3.05) is 12.3 Å². The number of rotatable bonds is 5. The van der Waals surface area contributed by atoms with Crippen LogP contribution in [0.3, 0.4) is 0 Å². The Balaban J connectivity index is 5.57. The molecule has 0 saturated heterocycles. The van der Waals surface area contributed by atoms with Crippen LogP contribution in [0.5, 0.6) is 0 Å². The summed E-state index contributed by atoms with van der Waals surface area (Å²) in [5.41, 5.74) is 2.66. The maximum absolute atomic E-state index is 2.46. The molecule has 0 N–H and O–H groups in total. The minimum atomic E-state index is -1.50. The molecule has 0 heterocycles. The predicted molar refractivity (Wildman–Crippen MR) is 73.4 cm³/mol. The second-order valence-electron chi connectivity index (χ2n) is 5.68. The average molecular weight is 218 g/mol. The summed E-state index contributed by atoms with van der Waals surface area (Å²) in [7, 11) is 0. The summed E-state index contributed by atoms with van der Waals surface area (Å²) < 4.78 is 0. The molecule has 0 aliphatic heterocycles. The second kappa shape index (κ2) is 4.52. The van der Waals surface area contributed by atoms with Crippen LogP contribution in [0.15, 0.2) is 0 Å². The van der Waals surface area contributed by atoms with Gasteiger partial charge in [-0.25, -0.2) is 0 Å². The van der Waals surface area contributed by atoms with Gasteiger partial charge in [0.15, 0.2) is 0 Å². The van der Waals surface area contributed by atoms with E-state index in [9.17, 15) is 0 Å². The van der Waals surface area contributed by atoms with Gasteiger partial charge in [-0.1, -0.05) is 0 Å². The minimum absolute atomic E-state index is 0.885. The van der Waals surface area contributed by atoms with Crippen LogP contribution in [0, 0.1) is 0 Å². The van der Waals surface area contributed by atoms with E-state index in [0.717, 1.165) is 17.0 Å². The van der Waals surface area contributed by atoms with E-state index >= 15 is 0 Å². The Kier molecular flexibility index (Phi) is 4.66. The Morgan fingerprint density at radius 1 is 0.643 bits per heavy atom. The van der Waals surface area contributed by atoms with Crippen LogP contribution in [-0.4, -0.2) is 29.3 Å². The first kappa shape index (κ1) is 14.4. The molecule has 0 aromatic heterocycles. The van der Waals surface area contributed by atoms with Gasteiger partial charge in [0.25, 0.3) is 0 Å². The summed E-state index contributed by atoms with van der Waals surface area (Å²) in [5.74, 6) is 0. The average Bonchev–Trinajstić information content (AvgIpc) is 2.06. The molecular formula is C13H31P. The Morgan fingerprint density at radius 2 is 0.857 bits per heavy atom. The maximum atomic E-state index is 2.46. The summed E-state index contributed by atoms with van der Waals surface area (Å²) in [6, 6.07) is 0. The Morgan fingerprint density at radius 3 is 0.857 bits per heavy atom. The number of hydrogen-bond acceptors (Lipinski definition) is 0. The van der Waals surface area contributed by atoms with Crippen molar-refractivity contribution in [1.82, 2.24) is 0 Å². The van der Waals surface area contributed by atoms with Gasteiger partial charge >= 0.3 is 91.3 Å². The SMILES string of the molecule is CCP(CC)(C(C)C)(C(C)C)C(C)C. The van der Waals surface area contributed by atoms with Crippen molar-refractivity contribution >= 4 is 6.60 Å². The first-order chi connectivity index (χ1) is 6.29. The zero-order valence-corrected chi connectivity index (χ0v) is 12.5. The Bertz CT molecular complexity index is 147. The van der Waals surface area contributed by atoms with Gasteiger partial charge in [-0.05, 0) is 0 Å². The van der Waals surface area contributed by atoms with Crippen molar-refractivity contribution in [2.24, 2.45) is 0 Å². The van der Waals surface area contributed by atoms with Crippen LogP contribution in [-0.2, 0) is 0 Å². The molecular weight excluding hydrogens is 187 g/mol. The van der Waals surface area contributed by atoms with Crippen LogP contribution in [0.2, 0.25) is 0 Å². The molecule has 0 bridgehead atoms. The summed E-state index contributed by atoms with van der Waals surface area (Å²) in [6.45, 7) is 18.1. The molecule has 88 valence electrons. The molecule has 0 saturated carbocycles. The predicted octanol–water partition coefficient (Wildman–Crippen LogP) is 4.80. The number of hydrogen-bond donors (Lipinski definition) is 0. The summed E-state index contributed by atoms with van der Waals surface area (Å²) in [4.78, 5) is 0. The molecule has 0 unspecified atom stereocenters. The van der Waals surface area contributed by atoms with Gasteiger partial charge in [0, 0.05) is 0 Å². The molecule has 0 aliphatic rings. The van der Waals surface area contributed by atoms with Crippen LogP contribution < -0.4 is 0 Å². The first-order valence-electron chi connectivity index (χ1n) is 6.29. The van der Waals surface area contributed by atoms with E-state index < -0.39 is 6.60 Å². The molecule has 0 aliphatic carbocycles. The van der Waals surface area contributed by atoms with Gasteiger partial charge < -0.3 is 0 Å². The molecule has 0 radical (unpaired) electrons. The van der Waals surface area contributed by atoms with Gasteiger partial charge in [0.2, 0.25) is 0 Å². The van der Waals surface area contributed by atoms with Crippen molar-refractivity contribution in [3.63, 3.8) is 0 Å². The van der Waals surface area contributed by atoms with Crippen molar-refractivity contribution in [1.29, 1.82) is 0 Å². The molecule has 0 spiro atoms. The molecule has 14 heavy (non-hydrogen) atoms. The van der Waals surface area contributed by atoms with E-state index in [1.54, 1.807) is 0 Å². The molecule has 0 rings (SSSR count). The standard InChI is InChI=1S/C13H31P/c1-9-14(10-2,11(3)4,12(5)6)13(7)8/h11-13H,9-10H2,1-8H3. The van der Waals surface area contributed by atoms with E-state index in [1.807, 2.05) is 0 Å². The topological polar surface area (TPSA) is 0 Å². The van der Waals surface area contributed by atoms with E-state index in [1.165, 1.54) is 12.3 Å². The van der Waals surface area contributed by atoms with Crippen LogP contribution in [0.4, 0.5) is 0 Å². The Hall–Kier alpha value is 0.430. The van der Waals surface area contributed by atoms with Gasteiger partial charge in [-0.3, -0.25) is 0 Å². The summed E-state index contributed by atoms with van der Waals surface area (Å²) >= 11 is 0. The molecule has 0 nitrogen and oxygen atoms in total. The van der Waals surface area contributed by atoms with Gasteiger partial charge in [0.1, 0.15) is 0 Å². The molecule has 0 aromatic carbocycles. The first-order valence-corrected chi connectivity index (χ1v) is 9.10. The van der Waals surface area contributed by atoms with E-state index in [2.05, 4.69) is 55.4 Å². The summed E-state index contributed by atoms with van der Waals surface area (Å²) in [6.07, 6.45) is 2.85. The normalized spacial score (nSPS) is 16.4. The van der Waals surface area contributed by atoms with Crippen LogP contribution in [0.25, 0.3) is 0 Å². The Labute approximate surface area is 91.8 Å². The van der Waals surface area contributed by atoms with Crippen LogP contribution in [0.1, 0.15) is 55.4 Å². The van der Waals surface area contributed by atoms with Crippen molar-refractivity contribution < 1.29 is 0 Å². The third kappa shape index (κ3) is 1.54. The van der Waals surface area contributed by atoms with Gasteiger partial charge in [-0.15, -0.1) is 0 Å². The van der Waals surface area contributed by atoms with E-state index in [0.29, 0.717) is 0 Å². The van der Waals surface area contributed by atoms with Crippen molar-refractivity contribution in [3.05, 3.63) is 0 Å². The zero-order chi connectivity index (χ0) is 11.6. The third-order valence-electron chi connectivity index (χ3n) is 5.52. The third-order valence-corrected chi connectivity index (χ3v) is 16.6.